The molecule has 0 amide bonds. The van der Waals surface area contributed by atoms with Gasteiger partial charge < -0.3 is 19.1 Å². The third-order valence-electron chi connectivity index (χ3n) is 4.83. The van der Waals surface area contributed by atoms with Crippen molar-refractivity contribution >= 4 is 5.95 Å². The standard InChI is InChI=1S/C21H24N6O3/c1-14-12-17(30-16-9-5-4-6-10-16)23-18(22-14)15-8-7-11-27(13-15)19-24-20(28-2)26-21(25-19)29-3/h4-6,9-10,12,15H,7-8,11,13H2,1-3H3. The van der Waals surface area contributed by atoms with Gasteiger partial charge in [-0.1, -0.05) is 18.2 Å². The molecule has 1 saturated heterocycles. The van der Waals surface area contributed by atoms with Gasteiger partial charge in [0.25, 0.3) is 0 Å². The molecule has 2 aromatic heterocycles. The number of benzene rings is 1. The molecule has 0 radical (unpaired) electrons. The van der Waals surface area contributed by atoms with E-state index in [0.29, 0.717) is 18.4 Å². The minimum atomic E-state index is 0.130. The summed E-state index contributed by atoms with van der Waals surface area (Å²) in [5.41, 5.74) is 0.867. The maximum absolute atomic E-state index is 5.93. The van der Waals surface area contributed by atoms with Crippen molar-refractivity contribution in [3.05, 3.63) is 47.9 Å². The number of ether oxygens (including phenoxy) is 3. The van der Waals surface area contributed by atoms with Crippen molar-refractivity contribution in [1.29, 1.82) is 0 Å². The Balaban J connectivity index is 1.56. The average molecular weight is 408 g/mol. The summed E-state index contributed by atoms with van der Waals surface area (Å²) in [6, 6.07) is 11.9. The lowest BCUT2D eigenvalue weighted by Gasteiger charge is -2.32. The zero-order valence-corrected chi connectivity index (χ0v) is 17.3. The molecule has 4 rings (SSSR count). The molecular weight excluding hydrogens is 384 g/mol. The van der Waals surface area contributed by atoms with Crippen molar-refractivity contribution in [3.8, 4) is 23.7 Å². The van der Waals surface area contributed by atoms with Gasteiger partial charge in [0.05, 0.1) is 14.2 Å². The molecule has 1 atom stereocenters. The van der Waals surface area contributed by atoms with Crippen molar-refractivity contribution in [2.24, 2.45) is 0 Å². The zero-order valence-electron chi connectivity index (χ0n) is 17.3. The summed E-state index contributed by atoms with van der Waals surface area (Å²) in [6.45, 7) is 3.46. The van der Waals surface area contributed by atoms with Crippen LogP contribution in [0.5, 0.6) is 23.7 Å². The highest BCUT2D eigenvalue weighted by Crippen LogP contribution is 2.30. The first-order valence-electron chi connectivity index (χ1n) is 9.82. The van der Waals surface area contributed by atoms with E-state index in [-0.39, 0.29) is 17.9 Å². The number of aryl methyl sites for hydroxylation is 1. The number of anilines is 1. The fourth-order valence-corrected chi connectivity index (χ4v) is 3.43. The van der Waals surface area contributed by atoms with Crippen molar-refractivity contribution in [1.82, 2.24) is 24.9 Å². The summed E-state index contributed by atoms with van der Waals surface area (Å²) < 4.78 is 16.3. The molecule has 156 valence electrons. The Kier molecular flexibility index (Phi) is 5.87. The molecule has 3 aromatic rings. The molecule has 3 heterocycles. The Hall–Kier alpha value is -3.49. The van der Waals surface area contributed by atoms with Crippen LogP contribution in [0, 0.1) is 6.92 Å². The van der Waals surface area contributed by atoms with Crippen LogP contribution in [-0.2, 0) is 0 Å². The van der Waals surface area contributed by atoms with Gasteiger partial charge in [0.15, 0.2) is 0 Å². The van der Waals surface area contributed by atoms with Crippen molar-refractivity contribution in [2.45, 2.75) is 25.7 Å². The highest BCUT2D eigenvalue weighted by atomic mass is 16.5. The summed E-state index contributed by atoms with van der Waals surface area (Å²) in [5.74, 6) is 2.71. The van der Waals surface area contributed by atoms with E-state index in [1.807, 2.05) is 43.3 Å². The molecule has 9 nitrogen and oxygen atoms in total. The van der Waals surface area contributed by atoms with E-state index in [0.717, 1.165) is 36.7 Å². The molecule has 1 aliphatic rings. The summed E-state index contributed by atoms with van der Waals surface area (Å²) in [7, 11) is 3.04. The van der Waals surface area contributed by atoms with E-state index < -0.39 is 0 Å². The lowest BCUT2D eigenvalue weighted by molar-refractivity contribution is 0.338. The van der Waals surface area contributed by atoms with Gasteiger partial charge in [-0.3, -0.25) is 0 Å². The molecule has 30 heavy (non-hydrogen) atoms. The van der Waals surface area contributed by atoms with Gasteiger partial charge in [-0.25, -0.2) is 4.98 Å². The second-order valence-corrected chi connectivity index (χ2v) is 7.01. The van der Waals surface area contributed by atoms with Gasteiger partial charge in [0.2, 0.25) is 11.8 Å². The number of methoxy groups -OCH3 is 2. The highest BCUT2D eigenvalue weighted by molar-refractivity contribution is 5.34. The molecule has 0 bridgehead atoms. The van der Waals surface area contributed by atoms with Crippen LogP contribution in [-0.4, -0.2) is 52.2 Å². The Bertz CT molecular complexity index is 979. The van der Waals surface area contributed by atoms with Crippen molar-refractivity contribution < 1.29 is 14.2 Å². The van der Waals surface area contributed by atoms with Gasteiger partial charge in [0, 0.05) is 30.8 Å². The summed E-state index contributed by atoms with van der Waals surface area (Å²) >= 11 is 0. The third-order valence-corrected chi connectivity index (χ3v) is 4.83. The maximum Gasteiger partial charge on any atom is 0.324 e. The number of rotatable bonds is 6. The molecule has 1 aliphatic heterocycles. The van der Waals surface area contributed by atoms with E-state index in [1.54, 1.807) is 0 Å². The highest BCUT2D eigenvalue weighted by Gasteiger charge is 2.27. The van der Waals surface area contributed by atoms with Crippen LogP contribution in [0.1, 0.15) is 30.3 Å². The SMILES string of the molecule is COc1nc(OC)nc(N2CCCC(c3nc(C)cc(Oc4ccccc4)n3)C2)n1. The molecule has 0 N–H and O–H groups in total. The number of nitrogens with zero attached hydrogens (tertiary/aromatic N) is 6. The van der Waals surface area contributed by atoms with Crippen LogP contribution in [0.15, 0.2) is 36.4 Å². The number of piperidine rings is 1. The number of para-hydroxylation sites is 1. The number of hydrogen-bond acceptors (Lipinski definition) is 9. The predicted octanol–water partition coefficient (Wildman–Crippen LogP) is 3.16. The minimum absolute atomic E-state index is 0.130. The number of aromatic nitrogens is 5. The second-order valence-electron chi connectivity index (χ2n) is 7.01. The van der Waals surface area contributed by atoms with Crippen molar-refractivity contribution in [2.75, 3.05) is 32.2 Å². The Labute approximate surface area is 175 Å². The molecule has 1 unspecified atom stereocenters. The van der Waals surface area contributed by atoms with Crippen LogP contribution in [0.25, 0.3) is 0 Å². The van der Waals surface area contributed by atoms with Crippen molar-refractivity contribution in [3.63, 3.8) is 0 Å². The smallest absolute Gasteiger partial charge is 0.324 e. The molecule has 0 saturated carbocycles. The first-order valence-corrected chi connectivity index (χ1v) is 9.82. The molecule has 1 aromatic carbocycles. The van der Waals surface area contributed by atoms with Crippen LogP contribution in [0.4, 0.5) is 5.95 Å². The minimum Gasteiger partial charge on any atom is -0.467 e. The lowest BCUT2D eigenvalue weighted by Crippen LogP contribution is -2.36. The van der Waals surface area contributed by atoms with Crippen LogP contribution in [0.3, 0.4) is 0 Å². The Morgan fingerprint density at radius 2 is 1.67 bits per heavy atom. The first kappa shape index (κ1) is 19.8. The second kappa shape index (κ2) is 8.89. The fourth-order valence-electron chi connectivity index (χ4n) is 3.43. The normalized spacial score (nSPS) is 16.2. The molecule has 1 fully saturated rings. The molecule has 9 heteroatoms. The zero-order chi connectivity index (χ0) is 20.9. The van der Waals surface area contributed by atoms with Gasteiger partial charge in [-0.2, -0.15) is 15.0 Å². The quantitative estimate of drug-likeness (QED) is 0.609. The largest absolute Gasteiger partial charge is 0.467 e. The van der Waals surface area contributed by atoms with Crippen LogP contribution in [0.2, 0.25) is 0 Å². The van der Waals surface area contributed by atoms with E-state index in [1.165, 1.54) is 14.2 Å². The van der Waals surface area contributed by atoms with E-state index in [2.05, 4.69) is 29.8 Å². The van der Waals surface area contributed by atoms with Gasteiger partial charge >= 0.3 is 12.0 Å². The van der Waals surface area contributed by atoms with Crippen LogP contribution < -0.4 is 19.1 Å². The summed E-state index contributed by atoms with van der Waals surface area (Å²) in [5, 5.41) is 0. The van der Waals surface area contributed by atoms with E-state index >= 15 is 0 Å². The Morgan fingerprint density at radius 3 is 2.37 bits per heavy atom. The third kappa shape index (κ3) is 4.56. The predicted molar refractivity (Wildman–Crippen MR) is 110 cm³/mol. The topological polar surface area (TPSA) is 95.4 Å². The summed E-state index contributed by atoms with van der Waals surface area (Å²) in [4.78, 5) is 24.3. The van der Waals surface area contributed by atoms with Gasteiger partial charge in [-0.15, -0.1) is 4.98 Å². The van der Waals surface area contributed by atoms with Gasteiger partial charge in [0.1, 0.15) is 11.6 Å². The Morgan fingerprint density at radius 1 is 0.933 bits per heavy atom. The summed E-state index contributed by atoms with van der Waals surface area (Å²) in [6.07, 6.45) is 1.94. The first-order chi connectivity index (χ1) is 14.6. The van der Waals surface area contributed by atoms with Crippen LogP contribution >= 0.6 is 0 Å². The number of hydrogen-bond donors (Lipinski definition) is 0. The van der Waals surface area contributed by atoms with Gasteiger partial charge in [-0.05, 0) is 31.9 Å². The average Bonchev–Trinajstić information content (AvgIpc) is 2.79. The maximum atomic E-state index is 5.93. The van der Waals surface area contributed by atoms with E-state index in [4.69, 9.17) is 14.2 Å². The fraction of sp³-hybridized carbons (Fsp3) is 0.381. The molecule has 0 spiro atoms. The molecule has 0 aliphatic carbocycles. The van der Waals surface area contributed by atoms with E-state index in [9.17, 15) is 0 Å². The monoisotopic (exact) mass is 408 g/mol. The molecular formula is C21H24N6O3. The lowest BCUT2D eigenvalue weighted by atomic mass is 9.97.